The smallest absolute Gasteiger partial charge is 0.306 e. The van der Waals surface area contributed by atoms with Gasteiger partial charge in [-0.15, -0.1) is 0 Å². The van der Waals surface area contributed by atoms with Gasteiger partial charge in [0.1, 0.15) is 0 Å². The number of carbonyl (C=O) groups is 2. The van der Waals surface area contributed by atoms with Crippen LogP contribution in [0.15, 0.2) is 43.1 Å². The normalized spacial score (nSPS) is 20.4. The summed E-state index contributed by atoms with van der Waals surface area (Å²) < 4.78 is 1.80. The molecule has 0 bridgehead atoms. The molecule has 1 aliphatic rings. The Bertz CT molecular complexity index is 1180. The number of carbonyl (C=O) groups excluding carboxylic acids is 1. The number of amides is 1. The largest absolute Gasteiger partial charge is 0.481 e. The predicted octanol–water partition coefficient (Wildman–Crippen LogP) is 3.69. The van der Waals surface area contributed by atoms with Crippen LogP contribution in [0.1, 0.15) is 64.5 Å². The molecule has 0 unspecified atom stereocenters. The number of nitrogens with zero attached hydrogens (tertiary/aromatic N) is 2. The van der Waals surface area contributed by atoms with Crippen LogP contribution in [0.25, 0.3) is 10.6 Å². The van der Waals surface area contributed by atoms with Crippen LogP contribution in [-0.2, 0) is 21.5 Å². The third kappa shape index (κ3) is 5.98. The lowest BCUT2D eigenvalue weighted by molar-refractivity contribution is -0.142. The maximum atomic E-state index is 13.2. The van der Waals surface area contributed by atoms with Crippen molar-refractivity contribution >= 4 is 34.1 Å². The van der Waals surface area contributed by atoms with Gasteiger partial charge in [-0.25, -0.2) is 0 Å². The highest BCUT2D eigenvalue weighted by Gasteiger charge is 2.27. The zero-order valence-electron chi connectivity index (χ0n) is 20.4. The molecule has 1 aromatic carbocycles. The monoisotopic (exact) mass is 483 g/mol. The lowest BCUT2D eigenvalue weighted by atomic mass is 9.86. The number of rotatable bonds is 6. The molecular weight excluding hydrogens is 450 g/mol. The van der Waals surface area contributed by atoms with Gasteiger partial charge in [0, 0.05) is 16.8 Å². The third-order valence-electron chi connectivity index (χ3n) is 6.54. The summed E-state index contributed by atoms with van der Waals surface area (Å²) in [7, 11) is 0. The molecule has 0 aliphatic heterocycles. The molecule has 0 atom stereocenters. The van der Waals surface area contributed by atoms with Crippen molar-refractivity contribution in [1.29, 1.82) is 0 Å². The van der Waals surface area contributed by atoms with E-state index in [-0.39, 0.29) is 23.3 Å². The summed E-state index contributed by atoms with van der Waals surface area (Å²) in [5.74, 6) is -1.28. The van der Waals surface area contributed by atoms with E-state index in [1.807, 2.05) is 0 Å². The minimum Gasteiger partial charge on any atom is -0.481 e. The maximum absolute atomic E-state index is 13.2. The topological polar surface area (TPSA) is 84.2 Å². The van der Waals surface area contributed by atoms with Gasteiger partial charge < -0.3 is 10.4 Å². The van der Waals surface area contributed by atoms with Crippen molar-refractivity contribution in [2.75, 3.05) is 0 Å². The number of hydrogen-bond donors (Lipinski definition) is 2. The van der Waals surface area contributed by atoms with E-state index in [0.717, 1.165) is 5.56 Å². The van der Waals surface area contributed by atoms with Gasteiger partial charge in [-0.1, -0.05) is 63.2 Å². The van der Waals surface area contributed by atoms with E-state index in [0.29, 0.717) is 53.4 Å². The molecule has 2 N–H and O–H groups in total. The van der Waals surface area contributed by atoms with Crippen molar-refractivity contribution in [2.24, 2.45) is 5.92 Å². The lowest BCUT2D eigenvalue weighted by Gasteiger charge is -2.26. The van der Waals surface area contributed by atoms with Gasteiger partial charge >= 0.3 is 5.97 Å². The predicted molar refractivity (Wildman–Crippen MR) is 136 cm³/mol. The fourth-order valence-electron chi connectivity index (χ4n) is 4.35. The Kier molecular flexibility index (Phi) is 8.03. The second kappa shape index (κ2) is 10.6. The van der Waals surface area contributed by atoms with Crippen molar-refractivity contribution in [2.45, 2.75) is 71.4 Å². The molecule has 1 heterocycles. The van der Waals surface area contributed by atoms with Crippen LogP contribution in [0.2, 0.25) is 0 Å². The summed E-state index contributed by atoms with van der Waals surface area (Å²) in [5, 5.41) is 18.6. The van der Waals surface area contributed by atoms with E-state index < -0.39 is 5.97 Å². The number of carboxylic acids is 1. The number of nitrogens with one attached hydrogen (secondary N) is 1. The number of benzene rings is 1. The highest BCUT2D eigenvalue weighted by atomic mass is 35.5. The quantitative estimate of drug-likeness (QED) is 0.656. The number of carboxylic acid groups (broad SMARTS) is 1. The second-order valence-electron chi connectivity index (χ2n) is 10.0. The first-order chi connectivity index (χ1) is 16.0. The number of hydrogen-bond acceptors (Lipinski definition) is 3. The van der Waals surface area contributed by atoms with Crippen molar-refractivity contribution in [3.63, 3.8) is 0 Å². The highest BCUT2D eigenvalue weighted by Crippen LogP contribution is 2.25. The van der Waals surface area contributed by atoms with E-state index in [2.05, 4.69) is 62.0 Å². The molecule has 182 valence electrons. The molecule has 2 aromatic rings. The molecule has 0 spiro atoms. The van der Waals surface area contributed by atoms with E-state index >= 15 is 0 Å². The van der Waals surface area contributed by atoms with Crippen LogP contribution < -0.4 is 15.9 Å². The summed E-state index contributed by atoms with van der Waals surface area (Å²) >= 11 is 6.41. The number of aromatic nitrogens is 2. The highest BCUT2D eigenvalue weighted by molar-refractivity contribution is 6.47. The molecule has 0 radical (unpaired) electrons. The molecule has 6 nitrogen and oxygen atoms in total. The molecule has 1 aliphatic carbocycles. The molecule has 0 saturated heterocycles. The molecule has 7 heteroatoms. The zero-order chi connectivity index (χ0) is 25.0. The minimum absolute atomic E-state index is 0.0401. The van der Waals surface area contributed by atoms with Crippen LogP contribution in [0.3, 0.4) is 0 Å². The first-order valence-electron chi connectivity index (χ1n) is 11.7. The van der Waals surface area contributed by atoms with Crippen molar-refractivity contribution in [3.05, 3.63) is 64.8 Å². The summed E-state index contributed by atoms with van der Waals surface area (Å²) in [5.41, 5.74) is 2.90. The van der Waals surface area contributed by atoms with Crippen LogP contribution in [0, 0.1) is 5.92 Å². The standard InChI is InChI=1S/C27H34ClN3O3/c1-6-23(28)22-15-29-31(16-18-7-11-20(12-8-18)27(3,4)5)24(22)17(2)25(32)30-21-13-9-19(10-14-21)26(33)34/h6-8,11-12,15,19,21H,1,9-10,13-14,16H2,2-5H3,(H,30,32)(H,33,34)/b23-22+,24-17-. The van der Waals surface area contributed by atoms with Crippen molar-refractivity contribution in [3.8, 4) is 0 Å². The second-order valence-corrected chi connectivity index (χ2v) is 10.5. The van der Waals surface area contributed by atoms with Crippen LogP contribution in [-0.4, -0.2) is 32.8 Å². The van der Waals surface area contributed by atoms with Gasteiger partial charge in [-0.2, -0.15) is 5.10 Å². The summed E-state index contributed by atoms with van der Waals surface area (Å²) in [6, 6.07) is 8.38. The Morgan fingerprint density at radius 2 is 1.82 bits per heavy atom. The SMILES string of the molecule is C=C/C(Cl)=c1/cnn(Cc2ccc(C(C)(C)C)cc2)/c1=C(/C)C(=O)NC1CCC(C(=O)O)CC1. The van der Waals surface area contributed by atoms with E-state index in [9.17, 15) is 14.7 Å². The number of allylic oxidation sites excluding steroid dienone is 1. The summed E-state index contributed by atoms with van der Waals surface area (Å²) in [6.07, 6.45) is 5.66. The van der Waals surface area contributed by atoms with E-state index in [1.165, 1.54) is 5.56 Å². The lowest BCUT2D eigenvalue weighted by Crippen LogP contribution is -2.42. The third-order valence-corrected chi connectivity index (χ3v) is 6.89. The molecular formula is C27H34ClN3O3. The fourth-order valence-corrected chi connectivity index (χ4v) is 4.49. The zero-order valence-corrected chi connectivity index (χ0v) is 21.2. The van der Waals surface area contributed by atoms with Crippen LogP contribution >= 0.6 is 11.6 Å². The first-order valence-corrected chi connectivity index (χ1v) is 12.1. The fraction of sp³-hybridized carbons (Fsp3) is 0.444. The summed E-state index contributed by atoms with van der Waals surface area (Å²) in [4.78, 5) is 24.4. The minimum atomic E-state index is -0.758. The van der Waals surface area contributed by atoms with Crippen LogP contribution in [0.5, 0.6) is 0 Å². The van der Waals surface area contributed by atoms with Gasteiger partial charge in [0.15, 0.2) is 0 Å². The average Bonchev–Trinajstić information content (AvgIpc) is 3.21. The first kappa shape index (κ1) is 25.8. The van der Waals surface area contributed by atoms with Crippen LogP contribution in [0.4, 0.5) is 0 Å². The van der Waals surface area contributed by atoms with E-state index in [4.69, 9.17) is 11.6 Å². The van der Waals surface area contributed by atoms with Crippen molar-refractivity contribution in [1.82, 2.24) is 15.1 Å². The Hall–Kier alpha value is -2.86. The number of halogens is 1. The average molecular weight is 484 g/mol. The molecule has 1 fully saturated rings. The van der Waals surface area contributed by atoms with E-state index in [1.54, 1.807) is 23.9 Å². The molecule has 34 heavy (non-hydrogen) atoms. The Labute approximate surface area is 206 Å². The Morgan fingerprint density at radius 1 is 1.21 bits per heavy atom. The molecule has 3 rings (SSSR count). The summed E-state index contributed by atoms with van der Waals surface area (Å²) in [6.45, 7) is 12.6. The Morgan fingerprint density at radius 3 is 2.35 bits per heavy atom. The van der Waals surface area contributed by atoms with Gasteiger partial charge in [0.05, 0.1) is 29.0 Å². The molecule has 1 saturated carbocycles. The number of aliphatic carboxylic acids is 1. The van der Waals surface area contributed by atoms with Gasteiger partial charge in [-0.3, -0.25) is 14.3 Å². The van der Waals surface area contributed by atoms with Gasteiger partial charge in [0.2, 0.25) is 5.91 Å². The van der Waals surface area contributed by atoms with Gasteiger partial charge in [0.25, 0.3) is 0 Å². The van der Waals surface area contributed by atoms with Crippen molar-refractivity contribution < 1.29 is 14.7 Å². The molecule has 1 aromatic heterocycles. The molecule has 1 amide bonds. The van der Waals surface area contributed by atoms with Gasteiger partial charge in [-0.05, 0) is 55.2 Å². The Balaban J connectivity index is 1.91. The maximum Gasteiger partial charge on any atom is 0.306 e.